The normalized spacial score (nSPS) is 16.9. The second kappa shape index (κ2) is 13.5. The lowest BCUT2D eigenvalue weighted by Gasteiger charge is -2.36. The van der Waals surface area contributed by atoms with Crippen molar-refractivity contribution in [3.05, 3.63) is 58.1 Å². The Morgan fingerprint density at radius 1 is 1.12 bits per heavy atom. The number of aryl methyl sites for hydroxylation is 1. The summed E-state index contributed by atoms with van der Waals surface area (Å²) in [5.41, 5.74) is 6.02. The minimum atomic E-state index is -0.948. The minimum absolute atomic E-state index is 0.179. The van der Waals surface area contributed by atoms with E-state index in [1.165, 1.54) is 7.11 Å². The van der Waals surface area contributed by atoms with E-state index in [0.29, 0.717) is 39.0 Å². The Labute approximate surface area is 239 Å². The standard InChI is InChI=1S/C30H39N5O6/c1-20-25(27(18-28(36)39-2)34-12-9-21-3-4-22(30(37)38)17-23(21)19-34)5-6-26-29(20)32-33-35(26)13-14-40-15-16-41-24-7-10-31-11-8-24/h3-6,17,24,27,31H,7-16,18-19H2,1-2H3,(H,37,38). The highest BCUT2D eigenvalue weighted by molar-refractivity contribution is 5.88. The second-order valence-electron chi connectivity index (χ2n) is 10.7. The predicted molar refractivity (Wildman–Crippen MR) is 152 cm³/mol. The molecule has 0 amide bonds. The van der Waals surface area contributed by atoms with Crippen LogP contribution in [-0.2, 0) is 38.5 Å². The molecule has 41 heavy (non-hydrogen) atoms. The van der Waals surface area contributed by atoms with E-state index in [9.17, 15) is 14.7 Å². The first-order valence-electron chi connectivity index (χ1n) is 14.3. The van der Waals surface area contributed by atoms with Crippen molar-refractivity contribution in [2.45, 2.75) is 57.8 Å². The van der Waals surface area contributed by atoms with E-state index in [2.05, 4.69) is 20.5 Å². The number of fused-ring (bicyclic) bond motifs is 2. The Bertz CT molecular complexity index is 1370. The molecule has 2 aromatic carbocycles. The SMILES string of the molecule is COC(=O)CC(c1ccc2c(nnn2CCOCCOC2CCNCC2)c1C)N1CCc2ccc(C(=O)O)cc2C1. The van der Waals surface area contributed by atoms with Gasteiger partial charge in [0.05, 0.1) is 57.1 Å². The van der Waals surface area contributed by atoms with Crippen molar-refractivity contribution in [2.75, 3.05) is 46.6 Å². The third kappa shape index (κ3) is 6.92. The number of nitrogens with zero attached hydrogens (tertiary/aromatic N) is 4. The summed E-state index contributed by atoms with van der Waals surface area (Å²) in [5.74, 6) is -1.25. The second-order valence-corrected chi connectivity index (χ2v) is 10.7. The van der Waals surface area contributed by atoms with Crippen LogP contribution in [0.25, 0.3) is 11.0 Å². The van der Waals surface area contributed by atoms with Crippen LogP contribution in [0.5, 0.6) is 0 Å². The third-order valence-corrected chi connectivity index (χ3v) is 8.18. The molecule has 0 radical (unpaired) electrons. The van der Waals surface area contributed by atoms with Crippen LogP contribution < -0.4 is 5.32 Å². The number of ether oxygens (including phenoxy) is 3. The highest BCUT2D eigenvalue weighted by Crippen LogP contribution is 2.34. The van der Waals surface area contributed by atoms with Crippen molar-refractivity contribution < 1.29 is 28.9 Å². The molecule has 1 atom stereocenters. The van der Waals surface area contributed by atoms with E-state index in [1.54, 1.807) is 12.1 Å². The van der Waals surface area contributed by atoms with Crippen LogP contribution in [0.2, 0.25) is 0 Å². The number of benzene rings is 2. The topological polar surface area (TPSA) is 128 Å². The molecule has 220 valence electrons. The highest BCUT2D eigenvalue weighted by atomic mass is 16.5. The van der Waals surface area contributed by atoms with Crippen LogP contribution >= 0.6 is 0 Å². The molecule has 0 saturated carbocycles. The molecule has 2 aliphatic heterocycles. The zero-order chi connectivity index (χ0) is 28.8. The van der Waals surface area contributed by atoms with Crippen LogP contribution in [-0.4, -0.2) is 89.6 Å². The van der Waals surface area contributed by atoms with Crippen molar-refractivity contribution in [1.29, 1.82) is 0 Å². The molecule has 1 fully saturated rings. The Balaban J connectivity index is 1.27. The Kier molecular flexibility index (Phi) is 9.60. The van der Waals surface area contributed by atoms with Gasteiger partial charge in [-0.15, -0.1) is 5.10 Å². The summed E-state index contributed by atoms with van der Waals surface area (Å²) in [7, 11) is 1.40. The maximum absolute atomic E-state index is 12.5. The zero-order valence-electron chi connectivity index (χ0n) is 23.8. The van der Waals surface area contributed by atoms with Gasteiger partial charge in [-0.2, -0.15) is 0 Å². The fourth-order valence-corrected chi connectivity index (χ4v) is 5.85. The largest absolute Gasteiger partial charge is 0.478 e. The van der Waals surface area contributed by atoms with Gasteiger partial charge in [0.15, 0.2) is 0 Å². The number of carbonyl (C=O) groups excluding carboxylic acids is 1. The summed E-state index contributed by atoms with van der Waals surface area (Å²) in [5, 5.41) is 21.7. The average Bonchev–Trinajstić information content (AvgIpc) is 3.41. The number of carboxylic acids is 1. The first-order valence-corrected chi connectivity index (χ1v) is 14.3. The molecule has 1 unspecified atom stereocenters. The molecule has 2 N–H and O–H groups in total. The molecule has 0 aliphatic carbocycles. The monoisotopic (exact) mass is 565 g/mol. The fourth-order valence-electron chi connectivity index (χ4n) is 5.85. The lowest BCUT2D eigenvalue weighted by atomic mass is 9.91. The number of aromatic carboxylic acids is 1. The van der Waals surface area contributed by atoms with Gasteiger partial charge in [-0.3, -0.25) is 9.69 Å². The Hall–Kier alpha value is -3.38. The van der Waals surface area contributed by atoms with Gasteiger partial charge in [0.25, 0.3) is 0 Å². The molecule has 1 saturated heterocycles. The van der Waals surface area contributed by atoms with Crippen LogP contribution in [0, 0.1) is 6.92 Å². The maximum Gasteiger partial charge on any atom is 0.335 e. The fraction of sp³-hybridized carbons (Fsp3) is 0.533. The van der Waals surface area contributed by atoms with E-state index in [0.717, 1.165) is 72.2 Å². The number of carbonyl (C=O) groups is 2. The molecule has 1 aromatic heterocycles. The van der Waals surface area contributed by atoms with E-state index in [4.69, 9.17) is 14.2 Å². The molecule has 11 heteroatoms. The number of methoxy groups -OCH3 is 1. The van der Waals surface area contributed by atoms with Gasteiger partial charge in [0.1, 0.15) is 5.52 Å². The van der Waals surface area contributed by atoms with Gasteiger partial charge in [-0.1, -0.05) is 17.3 Å². The van der Waals surface area contributed by atoms with Crippen molar-refractivity contribution in [3.63, 3.8) is 0 Å². The summed E-state index contributed by atoms with van der Waals surface area (Å²) >= 11 is 0. The summed E-state index contributed by atoms with van der Waals surface area (Å²) in [6.07, 6.45) is 3.36. The van der Waals surface area contributed by atoms with Crippen LogP contribution in [0.1, 0.15) is 57.9 Å². The van der Waals surface area contributed by atoms with E-state index in [1.807, 2.05) is 29.8 Å². The number of hydrogen-bond acceptors (Lipinski definition) is 9. The van der Waals surface area contributed by atoms with Gasteiger partial charge in [-0.05, 0) is 79.7 Å². The number of nitrogens with one attached hydrogen (secondary N) is 1. The Morgan fingerprint density at radius 3 is 2.73 bits per heavy atom. The zero-order valence-corrected chi connectivity index (χ0v) is 23.8. The molecule has 3 heterocycles. The number of aromatic nitrogens is 3. The van der Waals surface area contributed by atoms with Crippen molar-refractivity contribution >= 4 is 23.0 Å². The number of piperidine rings is 1. The van der Waals surface area contributed by atoms with Crippen molar-refractivity contribution in [3.8, 4) is 0 Å². The number of rotatable bonds is 12. The molecule has 11 nitrogen and oxygen atoms in total. The molecule has 0 spiro atoms. The predicted octanol–water partition coefficient (Wildman–Crippen LogP) is 2.89. The quantitative estimate of drug-likeness (QED) is 0.250. The Morgan fingerprint density at radius 2 is 1.95 bits per heavy atom. The molecule has 2 aliphatic rings. The summed E-state index contributed by atoms with van der Waals surface area (Å²) in [4.78, 5) is 26.3. The number of esters is 1. The average molecular weight is 566 g/mol. The van der Waals surface area contributed by atoms with Crippen molar-refractivity contribution in [1.82, 2.24) is 25.2 Å². The molecule has 5 rings (SSSR count). The minimum Gasteiger partial charge on any atom is -0.478 e. The summed E-state index contributed by atoms with van der Waals surface area (Å²) < 4.78 is 18.6. The number of carboxylic acid groups (broad SMARTS) is 1. The molecular weight excluding hydrogens is 526 g/mol. The number of hydrogen-bond donors (Lipinski definition) is 2. The smallest absolute Gasteiger partial charge is 0.335 e. The first-order chi connectivity index (χ1) is 19.9. The van der Waals surface area contributed by atoms with Gasteiger partial charge >= 0.3 is 11.9 Å². The lowest BCUT2D eigenvalue weighted by molar-refractivity contribution is -0.142. The summed E-state index contributed by atoms with van der Waals surface area (Å²) in [6.45, 7) is 7.52. The van der Waals surface area contributed by atoms with Crippen LogP contribution in [0.4, 0.5) is 0 Å². The summed E-state index contributed by atoms with van der Waals surface area (Å²) in [6, 6.07) is 9.08. The third-order valence-electron chi connectivity index (χ3n) is 8.18. The molecule has 3 aromatic rings. The first kappa shape index (κ1) is 29.1. The molecular formula is C30H39N5O6. The van der Waals surface area contributed by atoms with E-state index >= 15 is 0 Å². The van der Waals surface area contributed by atoms with Gasteiger partial charge in [0.2, 0.25) is 0 Å². The van der Waals surface area contributed by atoms with Gasteiger partial charge in [-0.25, -0.2) is 9.48 Å². The van der Waals surface area contributed by atoms with Gasteiger partial charge in [0, 0.05) is 19.1 Å². The van der Waals surface area contributed by atoms with E-state index in [-0.39, 0.29) is 24.0 Å². The lowest BCUT2D eigenvalue weighted by Crippen LogP contribution is -2.36. The van der Waals surface area contributed by atoms with Gasteiger partial charge < -0.3 is 24.6 Å². The van der Waals surface area contributed by atoms with E-state index < -0.39 is 5.97 Å². The van der Waals surface area contributed by atoms with Crippen molar-refractivity contribution in [2.24, 2.45) is 0 Å². The molecule has 0 bridgehead atoms. The van der Waals surface area contributed by atoms with Crippen LogP contribution in [0.3, 0.4) is 0 Å². The maximum atomic E-state index is 12.5. The van der Waals surface area contributed by atoms with Crippen LogP contribution in [0.15, 0.2) is 30.3 Å². The highest BCUT2D eigenvalue weighted by Gasteiger charge is 2.30.